The van der Waals surface area contributed by atoms with E-state index in [9.17, 15) is 4.39 Å². The van der Waals surface area contributed by atoms with Crippen molar-refractivity contribution >= 4 is 10.9 Å². The molecule has 1 aliphatic heterocycles. The van der Waals surface area contributed by atoms with E-state index in [1.807, 2.05) is 6.07 Å². The molecule has 0 fully saturated rings. The summed E-state index contributed by atoms with van der Waals surface area (Å²) in [6, 6.07) is 5.13. The standard InChI is InChI=1S/C12H13FN2O/c13-9-3-1-2-7-8-4-5-16-10(6-14)12(8)15-11(7)9/h1-3,10,15H,4-6,14H2. The molecule has 1 unspecified atom stereocenters. The van der Waals surface area contributed by atoms with Crippen LogP contribution in [0.15, 0.2) is 18.2 Å². The summed E-state index contributed by atoms with van der Waals surface area (Å²) in [5, 5.41) is 0.955. The molecule has 1 aliphatic rings. The Bertz CT molecular complexity index is 535. The van der Waals surface area contributed by atoms with Gasteiger partial charge in [-0.3, -0.25) is 0 Å². The van der Waals surface area contributed by atoms with Gasteiger partial charge in [0.05, 0.1) is 12.1 Å². The first-order chi connectivity index (χ1) is 7.81. The molecule has 0 amide bonds. The van der Waals surface area contributed by atoms with E-state index in [1.54, 1.807) is 6.07 Å². The van der Waals surface area contributed by atoms with E-state index >= 15 is 0 Å². The summed E-state index contributed by atoms with van der Waals surface area (Å²) in [5.41, 5.74) is 8.29. The first kappa shape index (κ1) is 9.81. The normalized spacial score (nSPS) is 20.0. The van der Waals surface area contributed by atoms with Crippen LogP contribution in [0.25, 0.3) is 10.9 Å². The number of fused-ring (bicyclic) bond motifs is 3. The summed E-state index contributed by atoms with van der Waals surface area (Å²) in [7, 11) is 0. The molecule has 16 heavy (non-hydrogen) atoms. The first-order valence-corrected chi connectivity index (χ1v) is 5.42. The highest BCUT2D eigenvalue weighted by atomic mass is 19.1. The zero-order valence-electron chi connectivity index (χ0n) is 8.79. The van der Waals surface area contributed by atoms with Gasteiger partial charge in [0.1, 0.15) is 11.9 Å². The van der Waals surface area contributed by atoms with Crippen LogP contribution in [-0.4, -0.2) is 18.1 Å². The van der Waals surface area contributed by atoms with Crippen LogP contribution in [-0.2, 0) is 11.2 Å². The Morgan fingerprint density at radius 3 is 3.19 bits per heavy atom. The third kappa shape index (κ3) is 1.27. The van der Waals surface area contributed by atoms with Crippen molar-refractivity contribution in [2.75, 3.05) is 13.2 Å². The van der Waals surface area contributed by atoms with Gasteiger partial charge < -0.3 is 15.5 Å². The summed E-state index contributed by atoms with van der Waals surface area (Å²) in [4.78, 5) is 3.11. The molecule has 3 N–H and O–H groups in total. The molecule has 3 rings (SSSR count). The van der Waals surface area contributed by atoms with Gasteiger partial charge in [-0.25, -0.2) is 4.39 Å². The van der Waals surface area contributed by atoms with E-state index in [0.29, 0.717) is 18.7 Å². The van der Waals surface area contributed by atoms with E-state index in [-0.39, 0.29) is 11.9 Å². The lowest BCUT2D eigenvalue weighted by Gasteiger charge is -2.21. The number of para-hydroxylation sites is 1. The number of rotatable bonds is 1. The van der Waals surface area contributed by atoms with Gasteiger partial charge in [-0.2, -0.15) is 0 Å². The molecule has 1 aromatic carbocycles. The molecule has 0 saturated carbocycles. The average Bonchev–Trinajstić information content (AvgIpc) is 2.69. The van der Waals surface area contributed by atoms with Crippen molar-refractivity contribution in [1.82, 2.24) is 4.98 Å². The molecule has 0 saturated heterocycles. The number of aromatic nitrogens is 1. The van der Waals surface area contributed by atoms with E-state index in [1.165, 1.54) is 6.07 Å². The lowest BCUT2D eigenvalue weighted by molar-refractivity contribution is 0.0463. The van der Waals surface area contributed by atoms with Crippen LogP contribution in [0.4, 0.5) is 4.39 Å². The van der Waals surface area contributed by atoms with Crippen LogP contribution in [0, 0.1) is 5.82 Å². The number of hydrogen-bond acceptors (Lipinski definition) is 2. The molecule has 2 heterocycles. The fourth-order valence-corrected chi connectivity index (χ4v) is 2.37. The van der Waals surface area contributed by atoms with E-state index in [2.05, 4.69) is 4.98 Å². The number of ether oxygens (including phenoxy) is 1. The minimum absolute atomic E-state index is 0.129. The summed E-state index contributed by atoms with van der Waals surface area (Å²) in [6.45, 7) is 1.07. The van der Waals surface area contributed by atoms with Crippen molar-refractivity contribution in [3.8, 4) is 0 Å². The lowest BCUT2D eigenvalue weighted by atomic mass is 10.0. The number of benzene rings is 1. The zero-order chi connectivity index (χ0) is 11.1. The second-order valence-corrected chi connectivity index (χ2v) is 4.02. The zero-order valence-corrected chi connectivity index (χ0v) is 8.79. The van der Waals surface area contributed by atoms with Gasteiger partial charge in [0.15, 0.2) is 0 Å². The monoisotopic (exact) mass is 220 g/mol. The Morgan fingerprint density at radius 2 is 2.38 bits per heavy atom. The molecule has 0 aliphatic carbocycles. The van der Waals surface area contributed by atoms with Gasteiger partial charge in [-0.05, 0) is 18.1 Å². The summed E-state index contributed by atoms with van der Waals surface area (Å²) < 4.78 is 19.1. The van der Waals surface area contributed by atoms with Crippen molar-refractivity contribution in [1.29, 1.82) is 0 Å². The molecule has 4 heteroatoms. The number of nitrogens with one attached hydrogen (secondary N) is 1. The van der Waals surface area contributed by atoms with Gasteiger partial charge in [0, 0.05) is 17.6 Å². The summed E-state index contributed by atoms with van der Waals surface area (Å²) in [6.07, 6.45) is 0.686. The Kier molecular flexibility index (Phi) is 2.19. The number of aromatic amines is 1. The molecular weight excluding hydrogens is 207 g/mol. The molecule has 0 bridgehead atoms. The Balaban J connectivity index is 2.28. The van der Waals surface area contributed by atoms with Gasteiger partial charge in [0.25, 0.3) is 0 Å². The molecule has 1 aromatic heterocycles. The predicted molar refractivity (Wildman–Crippen MR) is 59.7 cm³/mol. The largest absolute Gasteiger partial charge is 0.370 e. The highest BCUT2D eigenvalue weighted by Gasteiger charge is 2.24. The van der Waals surface area contributed by atoms with Gasteiger partial charge in [0.2, 0.25) is 0 Å². The lowest BCUT2D eigenvalue weighted by Crippen LogP contribution is -2.22. The molecule has 3 nitrogen and oxygen atoms in total. The predicted octanol–water partition coefficient (Wildman–Crippen LogP) is 1.88. The van der Waals surface area contributed by atoms with E-state index in [0.717, 1.165) is 23.1 Å². The van der Waals surface area contributed by atoms with Gasteiger partial charge in [-0.1, -0.05) is 12.1 Å². The number of nitrogens with two attached hydrogens (primary N) is 1. The summed E-state index contributed by atoms with van der Waals surface area (Å²) in [5.74, 6) is -0.220. The maximum absolute atomic E-state index is 13.6. The molecular formula is C12H13FN2O. The molecule has 0 spiro atoms. The minimum atomic E-state index is -0.220. The topological polar surface area (TPSA) is 51.0 Å². The highest BCUT2D eigenvalue weighted by molar-refractivity contribution is 5.85. The van der Waals surface area contributed by atoms with Crippen LogP contribution in [0.1, 0.15) is 17.4 Å². The highest BCUT2D eigenvalue weighted by Crippen LogP contribution is 2.32. The fraction of sp³-hybridized carbons (Fsp3) is 0.333. The Labute approximate surface area is 92.4 Å². The first-order valence-electron chi connectivity index (χ1n) is 5.42. The van der Waals surface area contributed by atoms with Gasteiger partial charge in [-0.15, -0.1) is 0 Å². The maximum Gasteiger partial charge on any atom is 0.147 e. The van der Waals surface area contributed by atoms with Crippen LogP contribution >= 0.6 is 0 Å². The quantitative estimate of drug-likeness (QED) is 0.771. The average molecular weight is 220 g/mol. The second-order valence-electron chi connectivity index (χ2n) is 4.02. The molecule has 84 valence electrons. The SMILES string of the molecule is NCC1OCCc2c1[nH]c1c(F)cccc21. The molecule has 2 aromatic rings. The van der Waals surface area contributed by atoms with Crippen LogP contribution < -0.4 is 5.73 Å². The Morgan fingerprint density at radius 1 is 1.50 bits per heavy atom. The van der Waals surface area contributed by atoms with Crippen LogP contribution in [0.2, 0.25) is 0 Å². The van der Waals surface area contributed by atoms with Crippen molar-refractivity contribution < 1.29 is 9.13 Å². The van der Waals surface area contributed by atoms with Crippen LogP contribution in [0.5, 0.6) is 0 Å². The van der Waals surface area contributed by atoms with Crippen LogP contribution in [0.3, 0.4) is 0 Å². The van der Waals surface area contributed by atoms with Crippen molar-refractivity contribution in [3.05, 3.63) is 35.3 Å². The Hall–Kier alpha value is -1.39. The third-order valence-corrected chi connectivity index (χ3v) is 3.13. The van der Waals surface area contributed by atoms with Crippen molar-refractivity contribution in [3.63, 3.8) is 0 Å². The third-order valence-electron chi connectivity index (χ3n) is 3.13. The number of H-pyrrole nitrogens is 1. The number of hydrogen-bond donors (Lipinski definition) is 2. The van der Waals surface area contributed by atoms with Crippen molar-refractivity contribution in [2.24, 2.45) is 5.73 Å². The van der Waals surface area contributed by atoms with Gasteiger partial charge >= 0.3 is 0 Å². The van der Waals surface area contributed by atoms with Crippen molar-refractivity contribution in [2.45, 2.75) is 12.5 Å². The van der Waals surface area contributed by atoms with E-state index in [4.69, 9.17) is 10.5 Å². The minimum Gasteiger partial charge on any atom is -0.370 e. The summed E-state index contributed by atoms with van der Waals surface area (Å²) >= 11 is 0. The van der Waals surface area contributed by atoms with E-state index < -0.39 is 0 Å². The second kappa shape index (κ2) is 3.57. The fourth-order valence-electron chi connectivity index (χ4n) is 2.37. The molecule has 1 atom stereocenters. The number of halogens is 1. The molecule has 0 radical (unpaired) electrons. The maximum atomic E-state index is 13.6. The smallest absolute Gasteiger partial charge is 0.147 e.